The molecule has 184 valence electrons. The summed E-state index contributed by atoms with van der Waals surface area (Å²) in [5.41, 5.74) is 0. The van der Waals surface area contributed by atoms with Crippen LogP contribution in [0.4, 0.5) is 0 Å². The number of hydrogen-bond donors (Lipinski definition) is 0. The number of benzene rings is 2. The number of fused-ring (bicyclic) bond motifs is 2. The van der Waals surface area contributed by atoms with Crippen molar-refractivity contribution in [3.05, 3.63) is 52.2 Å². The minimum Gasteiger partial charge on any atom is -0.493 e. The van der Waals surface area contributed by atoms with Crippen LogP contribution >= 0.6 is 22.7 Å². The largest absolute Gasteiger partial charge is 0.493 e. The Morgan fingerprint density at radius 2 is 1.37 bits per heavy atom. The number of thiophene rings is 2. The first-order valence-electron chi connectivity index (χ1n) is 12.0. The van der Waals surface area contributed by atoms with Crippen LogP contribution in [0.15, 0.2) is 42.5 Å². The standard InChI is InChI=1S/C28H30O5S2/c1-4-7-21(29)27-14-18-9-10-20(16-25(18)34-27)32-11-6-12-33-24-13-19-15-28(22(30)8-5-2)35-26(19)17-23(24)31-3/h9-10,13-17H,4-8,11-12H2,1-3H3. The predicted octanol–water partition coefficient (Wildman–Crippen LogP) is 7.94. The Hall–Kier alpha value is -2.90. The van der Waals surface area contributed by atoms with Gasteiger partial charge in [-0.3, -0.25) is 9.59 Å². The van der Waals surface area contributed by atoms with Crippen LogP contribution in [-0.2, 0) is 0 Å². The lowest BCUT2D eigenvalue weighted by Gasteiger charge is -2.11. The average molecular weight is 511 g/mol. The van der Waals surface area contributed by atoms with Crippen LogP contribution in [0.2, 0.25) is 0 Å². The highest BCUT2D eigenvalue weighted by Gasteiger charge is 2.14. The number of ketones is 2. The summed E-state index contributed by atoms with van der Waals surface area (Å²) >= 11 is 3.02. The van der Waals surface area contributed by atoms with E-state index in [0.29, 0.717) is 44.0 Å². The second kappa shape index (κ2) is 11.7. The second-order valence-corrected chi connectivity index (χ2v) is 10.5. The first-order valence-corrected chi connectivity index (χ1v) is 13.6. The molecule has 0 unspecified atom stereocenters. The predicted molar refractivity (Wildman–Crippen MR) is 144 cm³/mol. The number of hydrogen-bond acceptors (Lipinski definition) is 7. The molecule has 0 fully saturated rings. The molecule has 4 aromatic rings. The molecule has 0 N–H and O–H groups in total. The van der Waals surface area contributed by atoms with Gasteiger partial charge >= 0.3 is 0 Å². The van der Waals surface area contributed by atoms with Gasteiger partial charge < -0.3 is 14.2 Å². The van der Waals surface area contributed by atoms with Gasteiger partial charge in [-0.2, -0.15) is 0 Å². The van der Waals surface area contributed by atoms with Crippen LogP contribution in [-0.4, -0.2) is 31.9 Å². The van der Waals surface area contributed by atoms with Gasteiger partial charge in [-0.05, 0) is 60.0 Å². The first-order chi connectivity index (χ1) is 17.0. The lowest BCUT2D eigenvalue weighted by atomic mass is 10.1. The van der Waals surface area contributed by atoms with E-state index < -0.39 is 0 Å². The topological polar surface area (TPSA) is 61.8 Å². The molecule has 0 saturated heterocycles. The molecule has 0 spiro atoms. The molecule has 0 aliphatic rings. The van der Waals surface area contributed by atoms with Crippen molar-refractivity contribution in [1.29, 1.82) is 0 Å². The van der Waals surface area contributed by atoms with E-state index in [0.717, 1.165) is 48.5 Å². The van der Waals surface area contributed by atoms with E-state index in [2.05, 4.69) is 0 Å². The molecule has 0 radical (unpaired) electrons. The Morgan fingerprint density at radius 3 is 2.03 bits per heavy atom. The van der Waals surface area contributed by atoms with Gasteiger partial charge in [0.05, 0.1) is 30.1 Å². The quantitative estimate of drug-likeness (QED) is 0.135. The van der Waals surface area contributed by atoms with Gasteiger partial charge in [0.1, 0.15) is 5.75 Å². The van der Waals surface area contributed by atoms with Crippen LogP contribution in [0.1, 0.15) is 65.3 Å². The van der Waals surface area contributed by atoms with Gasteiger partial charge in [0.25, 0.3) is 0 Å². The fourth-order valence-electron chi connectivity index (χ4n) is 3.83. The fourth-order valence-corrected chi connectivity index (χ4v) is 5.93. The van der Waals surface area contributed by atoms with Crippen LogP contribution < -0.4 is 14.2 Å². The molecule has 4 rings (SSSR count). The highest BCUT2D eigenvalue weighted by molar-refractivity contribution is 7.21. The summed E-state index contributed by atoms with van der Waals surface area (Å²) in [6.07, 6.45) is 3.54. The monoisotopic (exact) mass is 510 g/mol. The maximum atomic E-state index is 12.3. The van der Waals surface area contributed by atoms with Crippen molar-refractivity contribution in [2.24, 2.45) is 0 Å². The molecule has 0 atom stereocenters. The number of rotatable bonds is 13. The zero-order valence-electron chi connectivity index (χ0n) is 20.3. The van der Waals surface area contributed by atoms with Gasteiger partial charge in [-0.1, -0.05) is 13.8 Å². The molecule has 7 heteroatoms. The highest BCUT2D eigenvalue weighted by Crippen LogP contribution is 2.37. The number of methoxy groups -OCH3 is 1. The average Bonchev–Trinajstić information content (AvgIpc) is 3.47. The Bertz CT molecular complexity index is 1330. The zero-order valence-corrected chi connectivity index (χ0v) is 22.0. The SMILES string of the molecule is CCCC(=O)c1cc2ccc(OCCCOc3cc4cc(C(=O)CCC)sc4cc3OC)cc2s1. The maximum Gasteiger partial charge on any atom is 0.172 e. The lowest BCUT2D eigenvalue weighted by Crippen LogP contribution is -2.05. The normalized spacial score (nSPS) is 11.2. The smallest absolute Gasteiger partial charge is 0.172 e. The minimum absolute atomic E-state index is 0.178. The van der Waals surface area contributed by atoms with Gasteiger partial charge in [0.15, 0.2) is 23.1 Å². The molecule has 2 heterocycles. The minimum atomic E-state index is 0.178. The van der Waals surface area contributed by atoms with Crippen LogP contribution in [0.25, 0.3) is 20.2 Å². The summed E-state index contributed by atoms with van der Waals surface area (Å²) in [7, 11) is 1.62. The van der Waals surface area contributed by atoms with Crippen LogP contribution in [0.3, 0.4) is 0 Å². The molecule has 0 saturated carbocycles. The zero-order chi connectivity index (χ0) is 24.8. The molecule has 2 aromatic heterocycles. The number of ether oxygens (including phenoxy) is 3. The third-order valence-electron chi connectivity index (χ3n) is 5.61. The number of carbonyl (C=O) groups is 2. The van der Waals surface area contributed by atoms with E-state index >= 15 is 0 Å². The van der Waals surface area contributed by atoms with Crippen molar-refractivity contribution in [3.63, 3.8) is 0 Å². The van der Waals surface area contributed by atoms with Crippen LogP contribution in [0, 0.1) is 0 Å². The molecule has 2 aromatic carbocycles. The first kappa shape index (κ1) is 25.2. The summed E-state index contributed by atoms with van der Waals surface area (Å²) in [5.74, 6) is 2.49. The van der Waals surface area contributed by atoms with Crippen molar-refractivity contribution in [1.82, 2.24) is 0 Å². The molecular formula is C28H30O5S2. The van der Waals surface area contributed by atoms with E-state index in [4.69, 9.17) is 14.2 Å². The molecule has 0 bridgehead atoms. The molecule has 0 amide bonds. The summed E-state index contributed by atoms with van der Waals surface area (Å²) in [6, 6.07) is 13.7. The van der Waals surface area contributed by atoms with Crippen molar-refractivity contribution in [2.45, 2.75) is 46.0 Å². The van der Waals surface area contributed by atoms with Crippen molar-refractivity contribution in [3.8, 4) is 17.2 Å². The van der Waals surface area contributed by atoms with Crippen molar-refractivity contribution >= 4 is 54.4 Å². The third-order valence-corrected chi connectivity index (χ3v) is 7.89. The second-order valence-electron chi connectivity index (χ2n) is 8.36. The van der Waals surface area contributed by atoms with Gasteiger partial charge in [0, 0.05) is 34.7 Å². The van der Waals surface area contributed by atoms with E-state index in [1.54, 1.807) is 7.11 Å². The Balaban J connectivity index is 1.33. The molecule has 35 heavy (non-hydrogen) atoms. The summed E-state index contributed by atoms with van der Waals surface area (Å²) in [6.45, 7) is 5.02. The number of carbonyl (C=O) groups excluding carboxylic acids is 2. The lowest BCUT2D eigenvalue weighted by molar-refractivity contribution is 0.0977. The third kappa shape index (κ3) is 6.03. The molecular weight excluding hydrogens is 480 g/mol. The summed E-state index contributed by atoms with van der Waals surface area (Å²) < 4.78 is 19.5. The van der Waals surface area contributed by atoms with Gasteiger partial charge in [-0.25, -0.2) is 0 Å². The maximum absolute atomic E-state index is 12.3. The van der Waals surface area contributed by atoms with E-state index in [1.165, 1.54) is 22.7 Å². The fraction of sp³-hybridized carbons (Fsp3) is 0.357. The molecule has 0 aliphatic carbocycles. The van der Waals surface area contributed by atoms with Gasteiger partial charge in [-0.15, -0.1) is 22.7 Å². The van der Waals surface area contributed by atoms with Crippen molar-refractivity contribution < 1.29 is 23.8 Å². The van der Waals surface area contributed by atoms with Crippen molar-refractivity contribution in [2.75, 3.05) is 20.3 Å². The summed E-state index contributed by atoms with van der Waals surface area (Å²) in [4.78, 5) is 26.0. The van der Waals surface area contributed by atoms with Gasteiger partial charge in [0.2, 0.25) is 0 Å². The number of Topliss-reactive ketones (excluding diaryl/α,β-unsaturated/α-hetero) is 2. The van der Waals surface area contributed by atoms with E-state index in [1.807, 2.05) is 56.3 Å². The van der Waals surface area contributed by atoms with E-state index in [-0.39, 0.29) is 11.6 Å². The van der Waals surface area contributed by atoms with E-state index in [9.17, 15) is 9.59 Å². The Morgan fingerprint density at radius 1 is 0.743 bits per heavy atom. The van der Waals surface area contributed by atoms with Crippen LogP contribution in [0.5, 0.6) is 17.2 Å². The highest BCUT2D eigenvalue weighted by atomic mass is 32.1. The molecule has 5 nitrogen and oxygen atoms in total. The Labute approximate surface area is 213 Å². The Kier molecular flexibility index (Phi) is 8.42. The summed E-state index contributed by atoms with van der Waals surface area (Å²) in [5, 5.41) is 2.06. The molecule has 0 aliphatic heterocycles.